The molecule has 13 heavy (non-hydrogen) atoms. The summed E-state index contributed by atoms with van der Waals surface area (Å²) >= 11 is 0. The summed E-state index contributed by atoms with van der Waals surface area (Å²) in [6.45, 7) is 1.75. The molecule has 0 saturated carbocycles. The molecule has 0 radical (unpaired) electrons. The van der Waals surface area contributed by atoms with Crippen LogP contribution < -0.4 is 5.73 Å². The average molecular weight is 191 g/mol. The minimum absolute atomic E-state index is 0.0108. The fourth-order valence-electron chi connectivity index (χ4n) is 1.22. The van der Waals surface area contributed by atoms with Gasteiger partial charge in [-0.15, -0.1) is 0 Å². The number of rotatable bonds is 1. The van der Waals surface area contributed by atoms with E-state index >= 15 is 0 Å². The predicted molar refractivity (Wildman–Crippen MR) is 45.0 cm³/mol. The fraction of sp³-hybridized carbons (Fsp3) is 0.556. The lowest BCUT2D eigenvalue weighted by molar-refractivity contribution is -0.160. The van der Waals surface area contributed by atoms with Gasteiger partial charge in [0.15, 0.2) is 0 Å². The van der Waals surface area contributed by atoms with Gasteiger partial charge in [-0.1, -0.05) is 18.2 Å². The molecule has 1 nitrogen and oxygen atoms in total. The summed E-state index contributed by atoms with van der Waals surface area (Å²) in [5.74, 6) is -1.34. The first-order valence-corrected chi connectivity index (χ1v) is 4.12. The van der Waals surface area contributed by atoms with E-state index in [0.717, 1.165) is 5.57 Å². The van der Waals surface area contributed by atoms with Crippen LogP contribution in [-0.4, -0.2) is 12.2 Å². The van der Waals surface area contributed by atoms with Gasteiger partial charge >= 0.3 is 6.18 Å². The maximum absolute atomic E-state index is 12.2. The van der Waals surface area contributed by atoms with E-state index in [9.17, 15) is 13.2 Å². The molecular formula is C9H12F3N. The van der Waals surface area contributed by atoms with Gasteiger partial charge in [-0.2, -0.15) is 13.2 Å². The fourth-order valence-corrected chi connectivity index (χ4v) is 1.22. The lowest BCUT2D eigenvalue weighted by Crippen LogP contribution is -2.24. The van der Waals surface area contributed by atoms with E-state index in [1.165, 1.54) is 12.2 Å². The Morgan fingerprint density at radius 1 is 1.54 bits per heavy atom. The molecule has 0 saturated heterocycles. The summed E-state index contributed by atoms with van der Waals surface area (Å²) < 4.78 is 36.5. The summed E-state index contributed by atoms with van der Waals surface area (Å²) in [4.78, 5) is 0. The maximum atomic E-state index is 12.2. The van der Waals surface area contributed by atoms with Crippen molar-refractivity contribution in [3.63, 3.8) is 0 Å². The number of nitrogens with two attached hydrogens (primary N) is 1. The molecule has 0 aromatic heterocycles. The third-order valence-electron chi connectivity index (χ3n) is 2.07. The second-order valence-electron chi connectivity index (χ2n) is 3.24. The van der Waals surface area contributed by atoms with Gasteiger partial charge in [-0.25, -0.2) is 0 Å². The molecule has 2 unspecified atom stereocenters. The Balaban J connectivity index is 2.64. The number of hydrogen-bond donors (Lipinski definition) is 1. The minimum atomic E-state index is -4.13. The summed E-state index contributed by atoms with van der Waals surface area (Å²) in [7, 11) is 0. The molecule has 0 heterocycles. The molecule has 2 atom stereocenters. The van der Waals surface area contributed by atoms with Crippen LogP contribution in [0, 0.1) is 5.92 Å². The second-order valence-corrected chi connectivity index (χ2v) is 3.24. The Bertz CT molecular complexity index is 238. The quantitative estimate of drug-likeness (QED) is 0.676. The molecule has 1 rings (SSSR count). The van der Waals surface area contributed by atoms with Crippen LogP contribution >= 0.6 is 0 Å². The molecule has 0 spiro atoms. The smallest absolute Gasteiger partial charge is 0.324 e. The first kappa shape index (κ1) is 10.3. The monoisotopic (exact) mass is 191 g/mol. The summed E-state index contributed by atoms with van der Waals surface area (Å²) in [5.41, 5.74) is 6.30. The summed E-state index contributed by atoms with van der Waals surface area (Å²) in [6, 6.07) is -0.189. The zero-order valence-corrected chi connectivity index (χ0v) is 7.31. The molecule has 0 amide bonds. The van der Waals surface area contributed by atoms with Crippen LogP contribution in [0.15, 0.2) is 23.8 Å². The number of hydrogen-bond acceptors (Lipinski definition) is 1. The standard InChI is InChI=1S/C9H12F3N/c1-6(13)7-2-4-8(5-3-7)9(10,11)12/h2-4,6,8H,5,13H2,1H3. The first-order chi connectivity index (χ1) is 5.91. The topological polar surface area (TPSA) is 26.0 Å². The van der Waals surface area contributed by atoms with Crippen LogP contribution in [-0.2, 0) is 0 Å². The van der Waals surface area contributed by atoms with Crippen molar-refractivity contribution in [3.8, 4) is 0 Å². The Morgan fingerprint density at radius 3 is 2.46 bits per heavy atom. The van der Waals surface area contributed by atoms with E-state index in [-0.39, 0.29) is 12.5 Å². The molecule has 0 aliphatic heterocycles. The van der Waals surface area contributed by atoms with Crippen molar-refractivity contribution in [2.75, 3.05) is 0 Å². The maximum Gasteiger partial charge on any atom is 0.395 e. The van der Waals surface area contributed by atoms with Crippen molar-refractivity contribution in [1.29, 1.82) is 0 Å². The van der Waals surface area contributed by atoms with E-state index < -0.39 is 12.1 Å². The highest BCUT2D eigenvalue weighted by atomic mass is 19.4. The van der Waals surface area contributed by atoms with Gasteiger partial charge in [0, 0.05) is 6.04 Å². The van der Waals surface area contributed by atoms with Crippen molar-refractivity contribution in [2.24, 2.45) is 11.7 Å². The average Bonchev–Trinajstić information content (AvgIpc) is 2.03. The van der Waals surface area contributed by atoms with E-state index in [4.69, 9.17) is 5.73 Å². The lowest BCUT2D eigenvalue weighted by Gasteiger charge is -2.20. The zero-order chi connectivity index (χ0) is 10.1. The number of allylic oxidation sites excluding steroid dienone is 2. The van der Waals surface area contributed by atoms with Crippen molar-refractivity contribution in [1.82, 2.24) is 0 Å². The Morgan fingerprint density at radius 2 is 2.15 bits per heavy atom. The third kappa shape index (κ3) is 2.59. The highest BCUT2D eigenvalue weighted by molar-refractivity contribution is 5.28. The summed E-state index contributed by atoms with van der Waals surface area (Å²) in [5, 5.41) is 0. The van der Waals surface area contributed by atoms with Gasteiger partial charge in [0.2, 0.25) is 0 Å². The minimum Gasteiger partial charge on any atom is -0.324 e. The highest BCUT2D eigenvalue weighted by Crippen LogP contribution is 2.33. The largest absolute Gasteiger partial charge is 0.395 e. The third-order valence-corrected chi connectivity index (χ3v) is 2.07. The normalized spacial score (nSPS) is 25.6. The van der Waals surface area contributed by atoms with Gasteiger partial charge in [-0.05, 0) is 18.9 Å². The Kier molecular flexibility index (Phi) is 2.81. The van der Waals surface area contributed by atoms with Crippen LogP contribution in [0.1, 0.15) is 13.3 Å². The zero-order valence-electron chi connectivity index (χ0n) is 7.31. The Hall–Kier alpha value is -0.770. The van der Waals surface area contributed by atoms with Crippen LogP contribution in [0.5, 0.6) is 0 Å². The van der Waals surface area contributed by atoms with Crippen molar-refractivity contribution in [3.05, 3.63) is 23.8 Å². The van der Waals surface area contributed by atoms with E-state index in [0.29, 0.717) is 0 Å². The van der Waals surface area contributed by atoms with E-state index in [1.807, 2.05) is 0 Å². The molecule has 0 aromatic rings. The van der Waals surface area contributed by atoms with Crippen LogP contribution in [0.3, 0.4) is 0 Å². The molecule has 0 aromatic carbocycles. The molecule has 0 bridgehead atoms. The van der Waals surface area contributed by atoms with E-state index in [1.54, 1.807) is 13.0 Å². The molecular weight excluding hydrogens is 179 g/mol. The molecule has 1 aliphatic rings. The van der Waals surface area contributed by atoms with Crippen molar-refractivity contribution < 1.29 is 13.2 Å². The molecule has 2 N–H and O–H groups in total. The van der Waals surface area contributed by atoms with Gasteiger partial charge in [0.05, 0.1) is 5.92 Å². The number of halogens is 3. The van der Waals surface area contributed by atoms with E-state index in [2.05, 4.69) is 0 Å². The van der Waals surface area contributed by atoms with Gasteiger partial charge < -0.3 is 5.73 Å². The molecule has 0 fully saturated rings. The van der Waals surface area contributed by atoms with Crippen LogP contribution in [0.2, 0.25) is 0 Å². The second kappa shape index (κ2) is 3.54. The first-order valence-electron chi connectivity index (χ1n) is 4.12. The molecule has 74 valence electrons. The lowest BCUT2D eigenvalue weighted by atomic mass is 9.94. The van der Waals surface area contributed by atoms with Gasteiger partial charge in [-0.3, -0.25) is 0 Å². The van der Waals surface area contributed by atoms with Crippen LogP contribution in [0.4, 0.5) is 13.2 Å². The molecule has 4 heteroatoms. The van der Waals surface area contributed by atoms with Crippen molar-refractivity contribution in [2.45, 2.75) is 25.6 Å². The Labute approximate surface area is 75.1 Å². The number of alkyl halides is 3. The van der Waals surface area contributed by atoms with Crippen molar-refractivity contribution >= 4 is 0 Å². The van der Waals surface area contributed by atoms with Crippen LogP contribution in [0.25, 0.3) is 0 Å². The molecule has 1 aliphatic carbocycles. The van der Waals surface area contributed by atoms with Gasteiger partial charge in [0.25, 0.3) is 0 Å². The SMILES string of the molecule is CC(N)C1=CCC(C(F)(F)F)C=C1. The van der Waals surface area contributed by atoms with Gasteiger partial charge in [0.1, 0.15) is 0 Å². The summed E-state index contributed by atoms with van der Waals surface area (Å²) in [6.07, 6.45) is 0.0844. The highest BCUT2D eigenvalue weighted by Gasteiger charge is 2.37. The predicted octanol–water partition coefficient (Wildman–Crippen LogP) is 2.40.